The smallest absolute Gasteiger partial charge is 0.243 e. The van der Waals surface area contributed by atoms with Gasteiger partial charge in [-0.1, -0.05) is 17.7 Å². The molecule has 2 unspecified atom stereocenters. The maximum atomic E-state index is 12.6. The van der Waals surface area contributed by atoms with Crippen molar-refractivity contribution in [3.63, 3.8) is 0 Å². The molecule has 0 aliphatic carbocycles. The maximum absolute atomic E-state index is 12.6. The topological polar surface area (TPSA) is 57.6 Å². The molecular weight excluding hydrogens is 262 g/mol. The molecule has 0 radical (unpaired) electrons. The fourth-order valence-electron chi connectivity index (χ4n) is 2.48. The summed E-state index contributed by atoms with van der Waals surface area (Å²) in [6.07, 6.45) is 1.69. The van der Waals surface area contributed by atoms with Gasteiger partial charge in [-0.2, -0.15) is 4.31 Å². The fourth-order valence-corrected chi connectivity index (χ4v) is 4.21. The van der Waals surface area contributed by atoms with Crippen LogP contribution in [-0.2, 0) is 10.0 Å². The van der Waals surface area contributed by atoms with Gasteiger partial charge < -0.3 is 5.11 Å². The van der Waals surface area contributed by atoms with Crippen LogP contribution >= 0.6 is 0 Å². The molecule has 1 N–H and O–H groups in total. The molecule has 4 nitrogen and oxygen atoms in total. The number of aryl methyl sites for hydroxylation is 1. The molecule has 1 fully saturated rings. The summed E-state index contributed by atoms with van der Waals surface area (Å²) in [6, 6.07) is 6.92. The van der Waals surface area contributed by atoms with E-state index in [1.54, 1.807) is 12.1 Å². The lowest BCUT2D eigenvalue weighted by molar-refractivity contribution is 0.139. The van der Waals surface area contributed by atoms with Crippen LogP contribution in [0, 0.1) is 12.8 Å². The predicted molar refractivity (Wildman–Crippen MR) is 74.3 cm³/mol. The van der Waals surface area contributed by atoms with Crippen LogP contribution in [0.25, 0.3) is 0 Å². The normalized spacial score (nSPS) is 25.4. The third-order valence-electron chi connectivity index (χ3n) is 3.81. The first-order valence-corrected chi connectivity index (χ1v) is 8.08. The van der Waals surface area contributed by atoms with Crippen molar-refractivity contribution in [2.75, 3.05) is 13.2 Å². The minimum atomic E-state index is -3.45. The SMILES string of the molecule is Cc1ccc(S(=O)(=O)N2CC(CO)CCC2C)cc1. The number of benzene rings is 1. The highest BCUT2D eigenvalue weighted by Crippen LogP contribution is 2.27. The number of sulfonamides is 1. The van der Waals surface area contributed by atoms with Crippen molar-refractivity contribution < 1.29 is 13.5 Å². The van der Waals surface area contributed by atoms with Crippen LogP contribution in [0.15, 0.2) is 29.2 Å². The Morgan fingerprint density at radius 2 is 1.89 bits per heavy atom. The number of hydrogen-bond acceptors (Lipinski definition) is 3. The number of aliphatic hydroxyl groups excluding tert-OH is 1. The number of piperidine rings is 1. The van der Waals surface area contributed by atoms with E-state index in [1.807, 2.05) is 26.0 Å². The molecule has 0 aromatic heterocycles. The van der Waals surface area contributed by atoms with Crippen LogP contribution in [0.3, 0.4) is 0 Å². The largest absolute Gasteiger partial charge is 0.396 e. The number of aliphatic hydroxyl groups is 1. The zero-order valence-corrected chi connectivity index (χ0v) is 12.2. The minimum Gasteiger partial charge on any atom is -0.396 e. The number of rotatable bonds is 3. The zero-order chi connectivity index (χ0) is 14.0. The lowest BCUT2D eigenvalue weighted by Gasteiger charge is -2.36. The van der Waals surface area contributed by atoms with Gasteiger partial charge in [0.1, 0.15) is 0 Å². The van der Waals surface area contributed by atoms with Gasteiger partial charge in [0.15, 0.2) is 0 Å². The van der Waals surface area contributed by atoms with E-state index >= 15 is 0 Å². The Morgan fingerprint density at radius 3 is 2.47 bits per heavy atom. The monoisotopic (exact) mass is 283 g/mol. The third kappa shape index (κ3) is 2.99. The zero-order valence-electron chi connectivity index (χ0n) is 11.4. The van der Waals surface area contributed by atoms with E-state index in [2.05, 4.69) is 0 Å². The van der Waals surface area contributed by atoms with E-state index in [0.717, 1.165) is 18.4 Å². The standard InChI is InChI=1S/C14H21NO3S/c1-11-3-7-14(8-4-11)19(17,18)15-9-13(10-16)6-5-12(15)2/h3-4,7-8,12-13,16H,5-6,9-10H2,1-2H3. The van der Waals surface area contributed by atoms with E-state index in [1.165, 1.54) is 4.31 Å². The summed E-state index contributed by atoms with van der Waals surface area (Å²) in [4.78, 5) is 0.337. The lowest BCUT2D eigenvalue weighted by Crippen LogP contribution is -2.46. The molecule has 0 spiro atoms. The molecule has 1 saturated heterocycles. The molecule has 1 aliphatic heterocycles. The first-order chi connectivity index (χ1) is 8.95. The van der Waals surface area contributed by atoms with Crippen LogP contribution in [0.4, 0.5) is 0 Å². The molecule has 1 aliphatic rings. The molecular formula is C14H21NO3S. The van der Waals surface area contributed by atoms with Crippen molar-refractivity contribution in [2.45, 2.75) is 37.6 Å². The van der Waals surface area contributed by atoms with Crippen molar-refractivity contribution >= 4 is 10.0 Å². The number of hydrogen-bond donors (Lipinski definition) is 1. The second kappa shape index (κ2) is 5.61. The van der Waals surface area contributed by atoms with Gasteiger partial charge in [-0.3, -0.25) is 0 Å². The van der Waals surface area contributed by atoms with Crippen molar-refractivity contribution in [2.24, 2.45) is 5.92 Å². The van der Waals surface area contributed by atoms with Crippen molar-refractivity contribution in [3.05, 3.63) is 29.8 Å². The lowest BCUT2D eigenvalue weighted by atomic mass is 9.96. The van der Waals surface area contributed by atoms with Gasteiger partial charge in [0.2, 0.25) is 10.0 Å². The highest BCUT2D eigenvalue weighted by molar-refractivity contribution is 7.89. The average Bonchev–Trinajstić information content (AvgIpc) is 2.39. The molecule has 1 aromatic carbocycles. The molecule has 1 heterocycles. The summed E-state index contributed by atoms with van der Waals surface area (Å²) >= 11 is 0. The first-order valence-electron chi connectivity index (χ1n) is 6.64. The highest BCUT2D eigenvalue weighted by Gasteiger charge is 2.34. The van der Waals surface area contributed by atoms with E-state index < -0.39 is 10.0 Å². The quantitative estimate of drug-likeness (QED) is 0.920. The molecule has 0 saturated carbocycles. The van der Waals surface area contributed by atoms with E-state index in [-0.39, 0.29) is 18.6 Å². The van der Waals surface area contributed by atoms with E-state index in [0.29, 0.717) is 11.4 Å². The Kier molecular flexibility index (Phi) is 4.28. The van der Waals surface area contributed by atoms with Gasteiger partial charge in [0, 0.05) is 19.2 Å². The fraction of sp³-hybridized carbons (Fsp3) is 0.571. The van der Waals surface area contributed by atoms with Gasteiger partial charge in [-0.05, 0) is 44.7 Å². The molecule has 106 valence electrons. The summed E-state index contributed by atoms with van der Waals surface area (Å²) in [5.41, 5.74) is 1.04. The van der Waals surface area contributed by atoms with E-state index in [9.17, 15) is 13.5 Å². The Labute approximate surface area is 115 Å². The summed E-state index contributed by atoms with van der Waals surface area (Å²) in [5.74, 6) is 0.0522. The van der Waals surface area contributed by atoms with Crippen molar-refractivity contribution in [1.82, 2.24) is 4.31 Å². The van der Waals surface area contributed by atoms with Crippen LogP contribution in [-0.4, -0.2) is 37.0 Å². The maximum Gasteiger partial charge on any atom is 0.243 e. The van der Waals surface area contributed by atoms with Crippen LogP contribution in [0.5, 0.6) is 0 Å². The molecule has 2 rings (SSSR count). The molecule has 2 atom stereocenters. The molecule has 0 bridgehead atoms. The van der Waals surface area contributed by atoms with Crippen LogP contribution in [0.1, 0.15) is 25.3 Å². The van der Waals surface area contributed by atoms with Crippen molar-refractivity contribution in [1.29, 1.82) is 0 Å². The first kappa shape index (κ1) is 14.5. The Balaban J connectivity index is 2.29. The second-order valence-electron chi connectivity index (χ2n) is 5.36. The summed E-state index contributed by atoms with van der Waals surface area (Å²) in [7, 11) is -3.45. The van der Waals surface area contributed by atoms with Crippen LogP contribution < -0.4 is 0 Å². The summed E-state index contributed by atoms with van der Waals surface area (Å²) < 4.78 is 26.8. The molecule has 0 amide bonds. The molecule has 1 aromatic rings. The van der Waals surface area contributed by atoms with Gasteiger partial charge in [-0.25, -0.2) is 8.42 Å². The van der Waals surface area contributed by atoms with Gasteiger partial charge in [0.05, 0.1) is 4.90 Å². The van der Waals surface area contributed by atoms with Crippen molar-refractivity contribution in [3.8, 4) is 0 Å². The molecule has 5 heteroatoms. The summed E-state index contributed by atoms with van der Waals surface area (Å²) in [5, 5.41) is 9.25. The summed E-state index contributed by atoms with van der Waals surface area (Å²) in [6.45, 7) is 4.32. The second-order valence-corrected chi connectivity index (χ2v) is 7.25. The Bertz CT molecular complexity index is 524. The number of nitrogens with zero attached hydrogens (tertiary/aromatic N) is 1. The third-order valence-corrected chi connectivity index (χ3v) is 5.80. The van der Waals surface area contributed by atoms with Crippen LogP contribution in [0.2, 0.25) is 0 Å². The average molecular weight is 283 g/mol. The van der Waals surface area contributed by atoms with Gasteiger partial charge in [-0.15, -0.1) is 0 Å². The van der Waals surface area contributed by atoms with Gasteiger partial charge in [0.25, 0.3) is 0 Å². The molecule has 19 heavy (non-hydrogen) atoms. The Morgan fingerprint density at radius 1 is 1.26 bits per heavy atom. The highest BCUT2D eigenvalue weighted by atomic mass is 32.2. The minimum absolute atomic E-state index is 0.00546. The van der Waals surface area contributed by atoms with Gasteiger partial charge >= 0.3 is 0 Å². The predicted octanol–water partition coefficient (Wildman–Crippen LogP) is 1.78. The Hall–Kier alpha value is -0.910. The van der Waals surface area contributed by atoms with E-state index in [4.69, 9.17) is 0 Å².